The first-order chi connectivity index (χ1) is 9.93. The molecule has 4 nitrogen and oxygen atoms in total. The second kappa shape index (κ2) is 5.27. The molecule has 3 unspecified atom stereocenters. The van der Waals surface area contributed by atoms with E-state index < -0.39 is 11.5 Å². The number of carbonyl (C=O) groups excluding carboxylic acids is 2. The highest BCUT2D eigenvalue weighted by atomic mass is 35.5. The van der Waals surface area contributed by atoms with E-state index >= 15 is 0 Å². The summed E-state index contributed by atoms with van der Waals surface area (Å²) in [5, 5.41) is 3.70. The molecule has 112 valence electrons. The van der Waals surface area contributed by atoms with Gasteiger partial charge in [-0.05, 0) is 24.6 Å². The standard InChI is InChI=1S/C15H15Cl2NO3/c1-8-7-15(4-5-21-8)13(19)12(14(20)18-15)10-3-2-9(16)6-11(10)17/h2-3,6,8,12H,4-5,7H2,1H3,(H,18,20). The van der Waals surface area contributed by atoms with Crippen LogP contribution in [0.25, 0.3) is 0 Å². The van der Waals surface area contributed by atoms with E-state index in [4.69, 9.17) is 27.9 Å². The lowest BCUT2D eigenvalue weighted by Crippen LogP contribution is -2.52. The lowest BCUT2D eigenvalue weighted by Gasteiger charge is -2.35. The van der Waals surface area contributed by atoms with Crippen LogP contribution in [-0.4, -0.2) is 29.9 Å². The Bertz CT molecular complexity index is 619. The molecule has 1 N–H and O–H groups in total. The van der Waals surface area contributed by atoms with Gasteiger partial charge in [-0.1, -0.05) is 29.3 Å². The van der Waals surface area contributed by atoms with Gasteiger partial charge in [0.25, 0.3) is 0 Å². The third-order valence-corrected chi connectivity index (χ3v) is 4.76. The Kier molecular flexibility index (Phi) is 3.72. The van der Waals surface area contributed by atoms with Gasteiger partial charge in [0.15, 0.2) is 5.78 Å². The lowest BCUT2D eigenvalue weighted by molar-refractivity contribution is -0.129. The van der Waals surface area contributed by atoms with Gasteiger partial charge in [0.1, 0.15) is 11.5 Å². The Labute approximate surface area is 132 Å². The molecule has 0 radical (unpaired) electrons. The molecule has 21 heavy (non-hydrogen) atoms. The van der Waals surface area contributed by atoms with Crippen molar-refractivity contribution in [2.45, 2.75) is 37.3 Å². The summed E-state index contributed by atoms with van der Waals surface area (Å²) in [6.07, 6.45) is 0.950. The summed E-state index contributed by atoms with van der Waals surface area (Å²) in [5.74, 6) is -1.27. The van der Waals surface area contributed by atoms with E-state index in [2.05, 4.69) is 5.32 Å². The number of ether oxygens (including phenoxy) is 1. The largest absolute Gasteiger partial charge is 0.378 e. The first-order valence-electron chi connectivity index (χ1n) is 6.86. The van der Waals surface area contributed by atoms with Gasteiger partial charge < -0.3 is 10.1 Å². The number of carbonyl (C=O) groups is 2. The zero-order valence-electron chi connectivity index (χ0n) is 11.5. The number of hydrogen-bond acceptors (Lipinski definition) is 3. The number of benzene rings is 1. The Morgan fingerprint density at radius 3 is 2.76 bits per heavy atom. The van der Waals surface area contributed by atoms with Crippen LogP contribution in [0.1, 0.15) is 31.2 Å². The van der Waals surface area contributed by atoms with Gasteiger partial charge >= 0.3 is 0 Å². The lowest BCUT2D eigenvalue weighted by atomic mass is 9.80. The number of halogens is 2. The van der Waals surface area contributed by atoms with Crippen LogP contribution in [-0.2, 0) is 14.3 Å². The van der Waals surface area contributed by atoms with E-state index in [0.29, 0.717) is 35.1 Å². The minimum absolute atomic E-state index is 0.0533. The number of amides is 1. The molecular weight excluding hydrogens is 313 g/mol. The maximum Gasteiger partial charge on any atom is 0.236 e. The molecule has 2 heterocycles. The predicted molar refractivity (Wildman–Crippen MR) is 79.7 cm³/mol. The van der Waals surface area contributed by atoms with Gasteiger partial charge in [0, 0.05) is 29.5 Å². The summed E-state index contributed by atoms with van der Waals surface area (Å²) in [6, 6.07) is 4.84. The van der Waals surface area contributed by atoms with Crippen molar-refractivity contribution in [2.75, 3.05) is 6.61 Å². The van der Waals surface area contributed by atoms with Crippen molar-refractivity contribution in [3.63, 3.8) is 0 Å². The van der Waals surface area contributed by atoms with Crippen molar-refractivity contribution in [1.29, 1.82) is 0 Å². The normalized spacial score (nSPS) is 32.5. The van der Waals surface area contributed by atoms with Crippen molar-refractivity contribution in [3.8, 4) is 0 Å². The van der Waals surface area contributed by atoms with Gasteiger partial charge in [-0.3, -0.25) is 9.59 Å². The van der Waals surface area contributed by atoms with Crippen LogP contribution in [0, 0.1) is 0 Å². The SMILES string of the molecule is CC1CC2(CCO1)NC(=O)C(c1ccc(Cl)cc1Cl)C2=O. The Balaban J connectivity index is 1.97. The van der Waals surface area contributed by atoms with Crippen molar-refractivity contribution in [2.24, 2.45) is 0 Å². The average molecular weight is 328 g/mol. The van der Waals surface area contributed by atoms with Crippen LogP contribution >= 0.6 is 23.2 Å². The zero-order valence-corrected chi connectivity index (χ0v) is 13.0. The van der Waals surface area contributed by atoms with Crippen LogP contribution < -0.4 is 5.32 Å². The van der Waals surface area contributed by atoms with E-state index in [-0.39, 0.29) is 17.8 Å². The highest BCUT2D eigenvalue weighted by molar-refractivity contribution is 6.36. The molecule has 0 bridgehead atoms. The molecule has 3 rings (SSSR count). The molecular formula is C15H15Cl2NO3. The molecule has 2 aliphatic heterocycles. The minimum atomic E-state index is -0.861. The van der Waals surface area contributed by atoms with Gasteiger partial charge in [-0.25, -0.2) is 0 Å². The van der Waals surface area contributed by atoms with Crippen molar-refractivity contribution in [1.82, 2.24) is 5.32 Å². The van der Waals surface area contributed by atoms with Crippen molar-refractivity contribution < 1.29 is 14.3 Å². The Morgan fingerprint density at radius 2 is 2.10 bits per heavy atom. The molecule has 0 aromatic heterocycles. The summed E-state index contributed by atoms with van der Waals surface area (Å²) >= 11 is 12.0. The highest BCUT2D eigenvalue weighted by Gasteiger charge is 2.54. The fourth-order valence-corrected chi connectivity index (χ4v) is 3.72. The molecule has 1 spiro atoms. The number of nitrogens with one attached hydrogen (secondary N) is 1. The summed E-state index contributed by atoms with van der Waals surface area (Å²) in [4.78, 5) is 25.2. The van der Waals surface area contributed by atoms with Gasteiger partial charge in [0.05, 0.1) is 6.10 Å². The summed E-state index contributed by atoms with van der Waals surface area (Å²) < 4.78 is 5.48. The quantitative estimate of drug-likeness (QED) is 0.807. The second-order valence-electron chi connectivity index (χ2n) is 5.67. The van der Waals surface area contributed by atoms with E-state index in [1.54, 1.807) is 18.2 Å². The minimum Gasteiger partial charge on any atom is -0.378 e. The second-order valence-corrected chi connectivity index (χ2v) is 6.51. The van der Waals surface area contributed by atoms with E-state index in [1.165, 1.54) is 0 Å². The topological polar surface area (TPSA) is 55.4 Å². The van der Waals surface area contributed by atoms with Gasteiger partial charge in [0.2, 0.25) is 5.91 Å². The molecule has 6 heteroatoms. The van der Waals surface area contributed by atoms with Crippen LogP contribution in [0.4, 0.5) is 0 Å². The highest BCUT2D eigenvalue weighted by Crippen LogP contribution is 2.39. The summed E-state index contributed by atoms with van der Waals surface area (Å²) in [7, 11) is 0. The van der Waals surface area contributed by atoms with Crippen molar-refractivity contribution in [3.05, 3.63) is 33.8 Å². The number of hydrogen-bond donors (Lipinski definition) is 1. The maximum absolute atomic E-state index is 12.8. The summed E-state index contributed by atoms with van der Waals surface area (Å²) in [5.41, 5.74) is -0.304. The molecule has 1 amide bonds. The zero-order chi connectivity index (χ0) is 15.2. The molecule has 0 saturated carbocycles. The molecule has 0 aliphatic carbocycles. The molecule has 1 aromatic carbocycles. The van der Waals surface area contributed by atoms with Crippen LogP contribution in [0.15, 0.2) is 18.2 Å². The third-order valence-electron chi connectivity index (χ3n) is 4.20. The molecule has 1 aromatic rings. The molecule has 2 fully saturated rings. The van der Waals surface area contributed by atoms with Crippen LogP contribution in [0.2, 0.25) is 10.0 Å². The first-order valence-corrected chi connectivity index (χ1v) is 7.61. The van der Waals surface area contributed by atoms with Crippen molar-refractivity contribution >= 4 is 34.9 Å². The number of rotatable bonds is 1. The monoisotopic (exact) mass is 327 g/mol. The number of ketones is 1. The number of Topliss-reactive ketones (excluding diaryl/α,β-unsaturated/α-hetero) is 1. The van der Waals surface area contributed by atoms with Gasteiger partial charge in [-0.15, -0.1) is 0 Å². The Morgan fingerprint density at radius 1 is 1.33 bits per heavy atom. The smallest absolute Gasteiger partial charge is 0.236 e. The summed E-state index contributed by atoms with van der Waals surface area (Å²) in [6.45, 7) is 2.37. The maximum atomic E-state index is 12.8. The third kappa shape index (κ3) is 2.45. The fraction of sp³-hybridized carbons (Fsp3) is 0.467. The molecule has 3 atom stereocenters. The van der Waals surface area contributed by atoms with Crippen LogP contribution in [0.5, 0.6) is 0 Å². The van der Waals surface area contributed by atoms with Gasteiger partial charge in [-0.2, -0.15) is 0 Å². The first kappa shape index (κ1) is 14.8. The molecule has 2 aliphatic rings. The van der Waals surface area contributed by atoms with Crippen LogP contribution in [0.3, 0.4) is 0 Å². The predicted octanol–water partition coefficient (Wildman–Crippen LogP) is 2.71. The van der Waals surface area contributed by atoms with E-state index in [0.717, 1.165) is 0 Å². The average Bonchev–Trinajstić information content (AvgIpc) is 2.62. The Hall–Kier alpha value is -1.10. The van der Waals surface area contributed by atoms with E-state index in [1.807, 2.05) is 6.92 Å². The molecule has 2 saturated heterocycles. The van der Waals surface area contributed by atoms with E-state index in [9.17, 15) is 9.59 Å². The fourth-order valence-electron chi connectivity index (χ4n) is 3.21.